The zero-order valence-electron chi connectivity index (χ0n) is 18.9. The minimum atomic E-state index is -2.61. The van der Waals surface area contributed by atoms with Crippen LogP contribution in [0.5, 0.6) is 5.75 Å². The lowest BCUT2D eigenvalue weighted by Gasteiger charge is -2.29. The molecule has 1 unspecified atom stereocenters. The Bertz CT molecular complexity index is 1200. The standard InChI is InChI=1S/C25H27FN2O5S/c1-2-27-9-3-4-15(13-27)10-16-11-18(26)5-7-21(16)28(34(31)32)22-8-6-19-20-12-17(20)14-33-24(19)23(22)25(29)30/h5-8,10-11,17,20H,2-4,9,12-14H2,1H3,(H,29,30)(H,31,32)/t17-,20-/m0/s1. The number of anilines is 2. The van der Waals surface area contributed by atoms with Crippen molar-refractivity contribution in [1.82, 2.24) is 4.90 Å². The van der Waals surface area contributed by atoms with Gasteiger partial charge in [0.25, 0.3) is 11.3 Å². The highest BCUT2D eigenvalue weighted by Gasteiger charge is 2.46. The minimum absolute atomic E-state index is 0.0382. The maximum absolute atomic E-state index is 14.3. The number of ether oxygens (including phenoxy) is 1. The Labute approximate surface area is 200 Å². The molecule has 0 bridgehead atoms. The number of piperidine rings is 1. The average molecular weight is 487 g/mol. The number of halogens is 1. The van der Waals surface area contributed by atoms with Crippen molar-refractivity contribution in [1.29, 1.82) is 0 Å². The monoisotopic (exact) mass is 486 g/mol. The molecule has 0 spiro atoms. The van der Waals surface area contributed by atoms with Crippen molar-refractivity contribution in [3.05, 3.63) is 58.4 Å². The third-order valence-electron chi connectivity index (χ3n) is 6.93. The van der Waals surface area contributed by atoms with Gasteiger partial charge in [-0.25, -0.2) is 17.7 Å². The number of carboxylic acid groups (broad SMARTS) is 1. The predicted molar refractivity (Wildman–Crippen MR) is 128 cm³/mol. The van der Waals surface area contributed by atoms with Crippen molar-refractivity contribution in [2.45, 2.75) is 32.1 Å². The number of rotatable bonds is 6. The second-order valence-electron chi connectivity index (χ2n) is 9.10. The lowest BCUT2D eigenvalue weighted by Crippen LogP contribution is -2.30. The topological polar surface area (TPSA) is 90.3 Å². The van der Waals surface area contributed by atoms with E-state index in [1.807, 2.05) is 6.08 Å². The molecule has 9 heteroatoms. The van der Waals surface area contributed by atoms with Gasteiger partial charge in [-0.15, -0.1) is 0 Å². The molecule has 3 aliphatic rings. The molecule has 2 heterocycles. The summed E-state index contributed by atoms with van der Waals surface area (Å²) in [4.78, 5) is 14.6. The number of benzene rings is 2. The quantitative estimate of drug-likeness (QED) is 0.571. The summed E-state index contributed by atoms with van der Waals surface area (Å²) in [7, 11) is 0. The molecule has 1 saturated carbocycles. The fourth-order valence-electron chi connectivity index (χ4n) is 5.12. The van der Waals surface area contributed by atoms with Crippen LogP contribution < -0.4 is 9.04 Å². The molecule has 34 heavy (non-hydrogen) atoms. The molecule has 0 radical (unpaired) electrons. The number of carboxylic acids is 1. The largest absolute Gasteiger partial charge is 0.492 e. The number of likely N-dealkylation sites (tertiary alicyclic amines) is 1. The number of fused-ring (bicyclic) bond motifs is 3. The summed E-state index contributed by atoms with van der Waals surface area (Å²) in [5.41, 5.74) is 2.48. The number of nitrogens with zero attached hydrogens (tertiary/aromatic N) is 2. The Kier molecular flexibility index (Phi) is 6.18. The van der Waals surface area contributed by atoms with Crippen LogP contribution in [0.3, 0.4) is 0 Å². The van der Waals surface area contributed by atoms with E-state index in [1.54, 1.807) is 12.1 Å². The molecule has 1 aliphatic carbocycles. The lowest BCUT2D eigenvalue weighted by atomic mass is 9.99. The van der Waals surface area contributed by atoms with E-state index >= 15 is 0 Å². The molecule has 2 aromatic carbocycles. The van der Waals surface area contributed by atoms with E-state index in [9.17, 15) is 23.1 Å². The first-order valence-electron chi connectivity index (χ1n) is 11.5. The number of aromatic carboxylic acids is 1. The van der Waals surface area contributed by atoms with Crippen LogP contribution in [0.1, 0.15) is 53.6 Å². The van der Waals surface area contributed by atoms with Gasteiger partial charge in [-0.05, 0) is 68.1 Å². The van der Waals surface area contributed by atoms with Gasteiger partial charge in [0, 0.05) is 18.0 Å². The molecule has 0 aromatic heterocycles. The molecule has 180 valence electrons. The van der Waals surface area contributed by atoms with Crippen molar-refractivity contribution in [2.24, 2.45) is 5.92 Å². The summed E-state index contributed by atoms with van der Waals surface area (Å²) in [5, 5.41) is 10.1. The number of hydrogen-bond acceptors (Lipinski definition) is 4. The summed E-state index contributed by atoms with van der Waals surface area (Å²) in [6.45, 7) is 5.16. The van der Waals surface area contributed by atoms with Crippen LogP contribution in [0, 0.1) is 11.7 Å². The molecule has 2 aromatic rings. The highest BCUT2D eigenvalue weighted by molar-refractivity contribution is 7.81. The second kappa shape index (κ2) is 9.13. The Morgan fingerprint density at radius 3 is 2.85 bits per heavy atom. The van der Waals surface area contributed by atoms with Crippen LogP contribution in [-0.2, 0) is 11.3 Å². The average Bonchev–Trinajstić information content (AvgIpc) is 3.60. The Morgan fingerprint density at radius 1 is 1.32 bits per heavy atom. The number of hydrogen-bond donors (Lipinski definition) is 2. The highest BCUT2D eigenvalue weighted by Crippen LogP contribution is 2.56. The van der Waals surface area contributed by atoms with Gasteiger partial charge >= 0.3 is 5.97 Å². The first-order chi connectivity index (χ1) is 16.4. The van der Waals surface area contributed by atoms with Gasteiger partial charge in [-0.1, -0.05) is 24.6 Å². The van der Waals surface area contributed by atoms with E-state index in [0.29, 0.717) is 18.1 Å². The summed E-state index contributed by atoms with van der Waals surface area (Å²) in [6.07, 6.45) is 4.63. The molecular weight excluding hydrogens is 459 g/mol. The zero-order chi connectivity index (χ0) is 24.0. The van der Waals surface area contributed by atoms with Gasteiger partial charge in [-0.3, -0.25) is 9.45 Å². The highest BCUT2D eigenvalue weighted by atomic mass is 32.2. The van der Waals surface area contributed by atoms with Crippen molar-refractivity contribution in [2.75, 3.05) is 30.5 Å². The van der Waals surface area contributed by atoms with E-state index in [4.69, 9.17) is 4.74 Å². The van der Waals surface area contributed by atoms with Crippen LogP contribution in [0.4, 0.5) is 15.8 Å². The molecular formula is C25H27FN2O5S. The molecule has 7 nitrogen and oxygen atoms in total. The maximum Gasteiger partial charge on any atom is 0.341 e. The molecule has 1 saturated heterocycles. The van der Waals surface area contributed by atoms with E-state index in [2.05, 4.69) is 11.8 Å². The predicted octanol–water partition coefficient (Wildman–Crippen LogP) is 4.79. The Balaban J connectivity index is 1.63. The van der Waals surface area contributed by atoms with E-state index in [-0.39, 0.29) is 28.6 Å². The number of likely N-dealkylation sites (N-methyl/N-ethyl adjacent to an activating group) is 1. The van der Waals surface area contributed by atoms with Crippen LogP contribution in [0.2, 0.25) is 0 Å². The van der Waals surface area contributed by atoms with Gasteiger partial charge in [0.15, 0.2) is 0 Å². The van der Waals surface area contributed by atoms with Gasteiger partial charge in [-0.2, -0.15) is 0 Å². The minimum Gasteiger partial charge on any atom is -0.492 e. The van der Waals surface area contributed by atoms with Crippen LogP contribution >= 0.6 is 0 Å². The third kappa shape index (κ3) is 4.23. The SMILES string of the molecule is CCN1CCCC(=Cc2cc(F)ccc2N(c2ccc3c(c2C(=O)O)OC[C@@H]2C[C@H]32)S(=O)O)C1. The van der Waals surface area contributed by atoms with Crippen molar-refractivity contribution in [3.8, 4) is 5.75 Å². The van der Waals surface area contributed by atoms with Gasteiger partial charge in [0.2, 0.25) is 0 Å². The van der Waals surface area contributed by atoms with Gasteiger partial charge in [0.1, 0.15) is 17.1 Å². The summed E-state index contributed by atoms with van der Waals surface area (Å²) in [5.74, 6) is -0.796. The summed E-state index contributed by atoms with van der Waals surface area (Å²) < 4.78 is 44.1. The maximum atomic E-state index is 14.3. The molecule has 3 atom stereocenters. The zero-order valence-corrected chi connectivity index (χ0v) is 19.7. The molecule has 2 fully saturated rings. The molecule has 2 aliphatic heterocycles. The first kappa shape index (κ1) is 23.0. The number of carbonyl (C=O) groups is 1. The van der Waals surface area contributed by atoms with Crippen LogP contribution in [-0.4, -0.2) is 51.0 Å². The normalized spacial score (nSPS) is 23.6. The van der Waals surface area contributed by atoms with Crippen molar-refractivity contribution >= 4 is 34.7 Å². The van der Waals surface area contributed by atoms with E-state index in [0.717, 1.165) is 54.3 Å². The van der Waals surface area contributed by atoms with Crippen LogP contribution in [0.25, 0.3) is 6.08 Å². The Morgan fingerprint density at radius 2 is 2.12 bits per heavy atom. The fraction of sp³-hybridized carbons (Fsp3) is 0.400. The lowest BCUT2D eigenvalue weighted by molar-refractivity contribution is 0.0692. The summed E-state index contributed by atoms with van der Waals surface area (Å²) >= 11 is -2.61. The van der Waals surface area contributed by atoms with E-state index in [1.165, 1.54) is 18.2 Å². The van der Waals surface area contributed by atoms with Crippen molar-refractivity contribution in [3.63, 3.8) is 0 Å². The third-order valence-corrected chi connectivity index (χ3v) is 7.64. The summed E-state index contributed by atoms with van der Waals surface area (Å²) in [6, 6.07) is 7.28. The fourth-order valence-corrected chi connectivity index (χ4v) is 5.78. The molecule has 2 N–H and O–H groups in total. The van der Waals surface area contributed by atoms with Crippen LogP contribution in [0.15, 0.2) is 35.9 Å². The van der Waals surface area contributed by atoms with Crippen molar-refractivity contribution < 1.29 is 27.8 Å². The molecule has 0 amide bonds. The Hall–Kier alpha value is -2.75. The second-order valence-corrected chi connectivity index (χ2v) is 9.93. The van der Waals surface area contributed by atoms with E-state index < -0.39 is 23.1 Å². The first-order valence-corrected chi connectivity index (χ1v) is 12.6. The smallest absolute Gasteiger partial charge is 0.341 e. The van der Waals surface area contributed by atoms with Gasteiger partial charge < -0.3 is 9.84 Å². The molecule has 5 rings (SSSR count). The van der Waals surface area contributed by atoms with Gasteiger partial charge in [0.05, 0.1) is 18.0 Å².